The van der Waals surface area contributed by atoms with Gasteiger partial charge in [-0.1, -0.05) is 26.3 Å². The van der Waals surface area contributed by atoms with E-state index in [1.54, 1.807) is 13.0 Å². The first-order chi connectivity index (χ1) is 3.27. The van der Waals surface area contributed by atoms with E-state index in [-0.39, 0.29) is 35.3 Å². The molecule has 0 rings (SSSR count). The van der Waals surface area contributed by atoms with Gasteiger partial charge in [0.05, 0.1) is 0 Å². The van der Waals surface area contributed by atoms with E-state index < -0.39 is 0 Å². The minimum Gasteiger partial charge on any atom is -0.876 e. The maximum Gasteiger partial charge on any atom is 1.00 e. The minimum absolute atomic E-state index is 0. The van der Waals surface area contributed by atoms with Crippen molar-refractivity contribution >= 4 is 0 Å². The molecule has 0 unspecified atom stereocenters. The Morgan fingerprint density at radius 2 is 2.12 bits per heavy atom. The summed E-state index contributed by atoms with van der Waals surface area (Å²) in [6.07, 6.45) is 3.70. The Labute approximate surface area is 73.1 Å². The van der Waals surface area contributed by atoms with Gasteiger partial charge in [-0.3, -0.25) is 0 Å². The molecule has 0 N–H and O–H groups in total. The van der Waals surface area contributed by atoms with E-state index in [1.807, 2.05) is 0 Å². The molecule has 0 aromatic carbocycles. The summed E-state index contributed by atoms with van der Waals surface area (Å²) in [5.41, 5.74) is 0. The number of hydrogen-bond acceptors (Lipinski definition) is 1. The SMILES string of the molecule is CCCC=C(C)[O-].[Na+]. The van der Waals surface area contributed by atoms with Crippen molar-refractivity contribution in [3.8, 4) is 0 Å². The number of allylic oxidation sites excluding steroid dienone is 2. The number of rotatable bonds is 2. The van der Waals surface area contributed by atoms with Crippen molar-refractivity contribution in [3.63, 3.8) is 0 Å². The average Bonchev–Trinajstić information content (AvgIpc) is 1.61. The molecular formula is C6H11NaO. The van der Waals surface area contributed by atoms with Gasteiger partial charge in [-0.05, 0) is 6.42 Å². The fourth-order valence-corrected chi connectivity index (χ4v) is 0.348. The van der Waals surface area contributed by atoms with Gasteiger partial charge < -0.3 is 5.11 Å². The quantitative estimate of drug-likeness (QED) is 0.308. The average molecular weight is 122 g/mol. The van der Waals surface area contributed by atoms with E-state index in [4.69, 9.17) is 0 Å². The van der Waals surface area contributed by atoms with Crippen LogP contribution in [0.15, 0.2) is 11.8 Å². The van der Waals surface area contributed by atoms with Crippen LogP contribution < -0.4 is 34.7 Å². The molecule has 0 amide bonds. The molecule has 0 aromatic rings. The van der Waals surface area contributed by atoms with Gasteiger partial charge in [-0.25, -0.2) is 0 Å². The Bertz CT molecular complexity index is 64.9. The Hall–Kier alpha value is 0.540. The van der Waals surface area contributed by atoms with Crippen LogP contribution in [0.5, 0.6) is 0 Å². The summed E-state index contributed by atoms with van der Waals surface area (Å²) < 4.78 is 0. The van der Waals surface area contributed by atoms with Crippen LogP contribution in [0.4, 0.5) is 0 Å². The van der Waals surface area contributed by atoms with Gasteiger partial charge in [-0.15, -0.1) is 5.76 Å². The Kier molecular flexibility index (Phi) is 10.7. The van der Waals surface area contributed by atoms with Crippen LogP contribution in [-0.2, 0) is 0 Å². The summed E-state index contributed by atoms with van der Waals surface area (Å²) >= 11 is 0. The van der Waals surface area contributed by atoms with E-state index in [9.17, 15) is 5.11 Å². The zero-order valence-electron chi connectivity index (χ0n) is 5.90. The van der Waals surface area contributed by atoms with Gasteiger partial charge in [0.1, 0.15) is 0 Å². The van der Waals surface area contributed by atoms with E-state index in [0.717, 1.165) is 12.8 Å². The first-order valence-electron chi connectivity index (χ1n) is 2.61. The van der Waals surface area contributed by atoms with Crippen molar-refractivity contribution in [2.75, 3.05) is 0 Å². The number of hydrogen-bond donors (Lipinski definition) is 0. The Morgan fingerprint density at radius 3 is 2.25 bits per heavy atom. The predicted molar refractivity (Wildman–Crippen MR) is 28.7 cm³/mol. The Balaban J connectivity index is 0. The largest absolute Gasteiger partial charge is 1.00 e. The third-order valence-electron chi connectivity index (χ3n) is 0.720. The van der Waals surface area contributed by atoms with Crippen molar-refractivity contribution in [2.24, 2.45) is 0 Å². The van der Waals surface area contributed by atoms with Crippen molar-refractivity contribution < 1.29 is 34.7 Å². The van der Waals surface area contributed by atoms with E-state index >= 15 is 0 Å². The van der Waals surface area contributed by atoms with Crippen LogP contribution in [0.25, 0.3) is 0 Å². The van der Waals surface area contributed by atoms with E-state index in [1.165, 1.54) is 0 Å². The summed E-state index contributed by atoms with van der Waals surface area (Å²) in [6.45, 7) is 3.63. The van der Waals surface area contributed by atoms with Crippen LogP contribution >= 0.6 is 0 Å². The summed E-state index contributed by atoms with van der Waals surface area (Å²) in [5, 5.41) is 10.1. The monoisotopic (exact) mass is 122 g/mol. The smallest absolute Gasteiger partial charge is 0.876 e. The zero-order chi connectivity index (χ0) is 5.70. The maximum absolute atomic E-state index is 10.1. The molecule has 0 saturated heterocycles. The second-order valence-electron chi connectivity index (χ2n) is 1.60. The molecule has 0 saturated carbocycles. The Morgan fingerprint density at radius 1 is 1.62 bits per heavy atom. The number of unbranched alkanes of at least 4 members (excludes halogenated alkanes) is 1. The molecule has 0 aliphatic rings. The standard InChI is InChI=1S/C6H12O.Na/c1-3-4-5-6(2)7;/h5,7H,3-4H2,1-2H3;/q;+1/p-1. The molecule has 0 aliphatic carbocycles. The van der Waals surface area contributed by atoms with Crippen molar-refractivity contribution in [1.82, 2.24) is 0 Å². The molecule has 0 radical (unpaired) electrons. The third kappa shape index (κ3) is 9.74. The van der Waals surface area contributed by atoms with Crippen LogP contribution in [0, 0.1) is 0 Å². The fourth-order valence-electron chi connectivity index (χ4n) is 0.348. The fraction of sp³-hybridized carbons (Fsp3) is 0.667. The minimum atomic E-state index is 0. The first-order valence-corrected chi connectivity index (χ1v) is 2.61. The summed E-state index contributed by atoms with van der Waals surface area (Å²) in [7, 11) is 0. The molecule has 0 spiro atoms. The van der Waals surface area contributed by atoms with Crippen molar-refractivity contribution in [3.05, 3.63) is 11.8 Å². The van der Waals surface area contributed by atoms with Gasteiger partial charge in [0.2, 0.25) is 0 Å². The summed E-state index contributed by atoms with van der Waals surface area (Å²) in [6, 6.07) is 0. The molecule has 0 heterocycles. The van der Waals surface area contributed by atoms with Crippen molar-refractivity contribution in [2.45, 2.75) is 26.7 Å². The topological polar surface area (TPSA) is 23.1 Å². The molecule has 0 fully saturated rings. The maximum atomic E-state index is 10.1. The third-order valence-corrected chi connectivity index (χ3v) is 0.720. The van der Waals surface area contributed by atoms with Crippen molar-refractivity contribution in [1.29, 1.82) is 0 Å². The van der Waals surface area contributed by atoms with Gasteiger partial charge in [0.25, 0.3) is 0 Å². The van der Waals surface area contributed by atoms with Crippen LogP contribution in [0.3, 0.4) is 0 Å². The molecule has 42 valence electrons. The summed E-state index contributed by atoms with van der Waals surface area (Å²) in [5.74, 6) is 0.182. The zero-order valence-corrected chi connectivity index (χ0v) is 7.90. The van der Waals surface area contributed by atoms with Gasteiger partial charge in [0.15, 0.2) is 0 Å². The second-order valence-corrected chi connectivity index (χ2v) is 1.60. The molecule has 0 aromatic heterocycles. The predicted octanol–water partition coefficient (Wildman–Crippen LogP) is -1.95. The normalized spacial score (nSPS) is 10.5. The van der Waals surface area contributed by atoms with Crippen LogP contribution in [0.2, 0.25) is 0 Å². The van der Waals surface area contributed by atoms with Gasteiger partial charge in [0, 0.05) is 0 Å². The van der Waals surface area contributed by atoms with E-state index in [2.05, 4.69) is 6.92 Å². The first kappa shape index (κ1) is 11.4. The van der Waals surface area contributed by atoms with Gasteiger partial charge in [-0.2, -0.15) is 0 Å². The molecule has 0 bridgehead atoms. The molecule has 2 heteroatoms. The molecule has 0 aliphatic heterocycles. The van der Waals surface area contributed by atoms with E-state index in [0.29, 0.717) is 0 Å². The van der Waals surface area contributed by atoms with Gasteiger partial charge >= 0.3 is 29.6 Å². The second kappa shape index (κ2) is 7.54. The van der Waals surface area contributed by atoms with Crippen LogP contribution in [0.1, 0.15) is 26.7 Å². The molecular weight excluding hydrogens is 111 g/mol. The molecule has 8 heavy (non-hydrogen) atoms. The van der Waals surface area contributed by atoms with Crippen LogP contribution in [-0.4, -0.2) is 0 Å². The molecule has 0 atom stereocenters. The molecule has 1 nitrogen and oxygen atoms in total. The summed E-state index contributed by atoms with van der Waals surface area (Å²) in [4.78, 5) is 0.